The normalized spacial score (nSPS) is 17.1. The minimum atomic E-state index is -0.934. The fourth-order valence-corrected chi connectivity index (χ4v) is 3.79. The average molecular weight is 361 g/mol. The predicted octanol–water partition coefficient (Wildman–Crippen LogP) is 1.62. The average Bonchev–Trinajstić information content (AvgIpc) is 3.09. The lowest BCUT2D eigenvalue weighted by Gasteiger charge is -2.21. The molecule has 0 saturated carbocycles. The van der Waals surface area contributed by atoms with Crippen LogP contribution in [-0.4, -0.2) is 50.2 Å². The second kappa shape index (κ2) is 7.69. The van der Waals surface area contributed by atoms with E-state index in [4.69, 9.17) is 5.11 Å². The van der Waals surface area contributed by atoms with Crippen LogP contribution in [0.25, 0.3) is 10.9 Å². The largest absolute Gasteiger partial charge is 0.480 e. The number of likely N-dealkylation sites (tertiary alicyclic amines) is 1. The molecule has 132 valence electrons. The summed E-state index contributed by atoms with van der Waals surface area (Å²) in [6.07, 6.45) is 1.54. The number of nitrogens with zero attached hydrogens (tertiary/aromatic N) is 2. The number of para-hydroxylation sites is 1. The van der Waals surface area contributed by atoms with Crippen molar-refractivity contribution in [3.05, 3.63) is 40.4 Å². The molecule has 1 aromatic heterocycles. The summed E-state index contributed by atoms with van der Waals surface area (Å²) in [6.45, 7) is 0.514. The van der Waals surface area contributed by atoms with E-state index in [2.05, 4.69) is 9.97 Å². The van der Waals surface area contributed by atoms with Crippen LogP contribution in [0, 0.1) is 0 Å². The lowest BCUT2D eigenvalue weighted by molar-refractivity contribution is -0.148. The Morgan fingerprint density at radius 3 is 2.96 bits per heavy atom. The highest BCUT2D eigenvalue weighted by atomic mass is 32.2. The zero-order valence-corrected chi connectivity index (χ0v) is 14.4. The first-order chi connectivity index (χ1) is 12.1. The maximum absolute atomic E-state index is 12.2. The third-order valence-electron chi connectivity index (χ3n) is 4.22. The number of H-pyrrole nitrogens is 1. The molecule has 2 heterocycles. The Bertz CT molecular complexity index is 851. The predicted molar refractivity (Wildman–Crippen MR) is 95.5 cm³/mol. The fraction of sp³-hybridized carbons (Fsp3) is 0.412. The number of carboxylic acids is 1. The van der Waals surface area contributed by atoms with Gasteiger partial charge in [-0.25, -0.2) is 9.78 Å². The number of amides is 1. The molecule has 1 saturated heterocycles. The first kappa shape index (κ1) is 17.5. The molecule has 1 aliphatic rings. The van der Waals surface area contributed by atoms with Crippen LogP contribution in [0.4, 0.5) is 0 Å². The minimum absolute atomic E-state index is 0.127. The summed E-state index contributed by atoms with van der Waals surface area (Å²) < 4.78 is 0. The van der Waals surface area contributed by atoms with Crippen molar-refractivity contribution in [2.24, 2.45) is 0 Å². The number of carbonyl (C=O) groups is 2. The Labute approximate surface area is 148 Å². The van der Waals surface area contributed by atoms with Crippen LogP contribution in [0.3, 0.4) is 0 Å². The minimum Gasteiger partial charge on any atom is -0.480 e. The quantitative estimate of drug-likeness (QED) is 0.758. The van der Waals surface area contributed by atoms with Gasteiger partial charge < -0.3 is 15.0 Å². The van der Waals surface area contributed by atoms with E-state index in [1.807, 2.05) is 6.07 Å². The molecule has 1 fully saturated rings. The van der Waals surface area contributed by atoms with Gasteiger partial charge in [0.15, 0.2) is 0 Å². The van der Waals surface area contributed by atoms with Crippen molar-refractivity contribution < 1.29 is 14.7 Å². The van der Waals surface area contributed by atoms with Crippen LogP contribution in [-0.2, 0) is 15.3 Å². The molecule has 1 atom stereocenters. The summed E-state index contributed by atoms with van der Waals surface area (Å²) in [5, 5.41) is 9.68. The zero-order valence-electron chi connectivity index (χ0n) is 13.6. The number of aliphatic carboxylic acids is 1. The van der Waals surface area contributed by atoms with Crippen molar-refractivity contribution in [2.75, 3.05) is 12.3 Å². The van der Waals surface area contributed by atoms with Crippen LogP contribution in [0.1, 0.15) is 25.1 Å². The number of rotatable bonds is 6. The van der Waals surface area contributed by atoms with Gasteiger partial charge in [-0.1, -0.05) is 12.1 Å². The van der Waals surface area contributed by atoms with Crippen molar-refractivity contribution in [1.29, 1.82) is 0 Å². The molecule has 0 bridgehead atoms. The molecule has 8 heteroatoms. The fourth-order valence-electron chi connectivity index (χ4n) is 3.00. The van der Waals surface area contributed by atoms with E-state index in [1.165, 1.54) is 16.7 Å². The Kier molecular flexibility index (Phi) is 5.37. The maximum atomic E-state index is 12.2. The standard InChI is InChI=1S/C17H19N3O4S/c21-15(20-8-3-6-13(20)17(23)24)7-9-25-10-14-18-12-5-2-1-4-11(12)16(22)19-14/h1-2,4-5,13H,3,6-10H2,(H,23,24)(H,18,19,22). The lowest BCUT2D eigenvalue weighted by atomic mass is 10.2. The number of hydrogen-bond donors (Lipinski definition) is 2. The van der Waals surface area contributed by atoms with E-state index in [9.17, 15) is 14.4 Å². The van der Waals surface area contributed by atoms with Gasteiger partial charge in [-0.05, 0) is 25.0 Å². The molecule has 0 radical (unpaired) electrons. The van der Waals surface area contributed by atoms with Crippen molar-refractivity contribution in [3.63, 3.8) is 0 Å². The first-order valence-corrected chi connectivity index (χ1v) is 9.29. The number of carbonyl (C=O) groups excluding carboxylic acids is 1. The van der Waals surface area contributed by atoms with E-state index in [0.29, 0.717) is 41.2 Å². The SMILES string of the molecule is O=C(O)C1CCCN1C(=O)CCSCc1nc2ccccc2c(=O)[nH]1. The maximum Gasteiger partial charge on any atom is 0.326 e. The molecule has 2 aromatic rings. The van der Waals surface area contributed by atoms with Gasteiger partial charge in [0.25, 0.3) is 5.56 Å². The van der Waals surface area contributed by atoms with Gasteiger partial charge in [-0.15, -0.1) is 0 Å². The molecule has 1 amide bonds. The number of thioether (sulfide) groups is 1. The van der Waals surface area contributed by atoms with Crippen molar-refractivity contribution in [2.45, 2.75) is 31.1 Å². The molecule has 0 aliphatic carbocycles. The molecule has 1 aromatic carbocycles. The molecule has 3 rings (SSSR count). The summed E-state index contributed by atoms with van der Waals surface area (Å²) >= 11 is 1.49. The summed E-state index contributed by atoms with van der Waals surface area (Å²) in [6, 6.07) is 6.46. The smallest absolute Gasteiger partial charge is 0.326 e. The number of nitrogens with one attached hydrogen (secondary N) is 1. The number of fused-ring (bicyclic) bond motifs is 1. The second-order valence-corrected chi connectivity index (χ2v) is 7.02. The first-order valence-electron chi connectivity index (χ1n) is 8.14. The summed E-state index contributed by atoms with van der Waals surface area (Å²) in [4.78, 5) is 43.9. The molecule has 2 N–H and O–H groups in total. The molecule has 1 aliphatic heterocycles. The summed E-state index contributed by atoms with van der Waals surface area (Å²) in [7, 11) is 0. The van der Waals surface area contributed by atoms with Crippen LogP contribution in [0.2, 0.25) is 0 Å². The van der Waals surface area contributed by atoms with Gasteiger partial charge in [0.1, 0.15) is 11.9 Å². The number of hydrogen-bond acceptors (Lipinski definition) is 5. The van der Waals surface area contributed by atoms with E-state index in [0.717, 1.165) is 6.42 Å². The molecular weight excluding hydrogens is 342 g/mol. The molecular formula is C17H19N3O4S. The monoisotopic (exact) mass is 361 g/mol. The number of aromatic amines is 1. The number of carboxylic acid groups (broad SMARTS) is 1. The van der Waals surface area contributed by atoms with Crippen molar-refractivity contribution in [1.82, 2.24) is 14.9 Å². The number of benzene rings is 1. The lowest BCUT2D eigenvalue weighted by Crippen LogP contribution is -2.40. The highest BCUT2D eigenvalue weighted by Crippen LogP contribution is 2.20. The van der Waals surface area contributed by atoms with Gasteiger partial charge in [-0.3, -0.25) is 9.59 Å². The van der Waals surface area contributed by atoms with Crippen LogP contribution >= 0.6 is 11.8 Å². The molecule has 7 nitrogen and oxygen atoms in total. The topological polar surface area (TPSA) is 103 Å². The Hall–Kier alpha value is -2.35. The molecule has 25 heavy (non-hydrogen) atoms. The van der Waals surface area contributed by atoms with Gasteiger partial charge in [-0.2, -0.15) is 11.8 Å². The van der Waals surface area contributed by atoms with Gasteiger partial charge in [0.05, 0.1) is 16.7 Å². The third-order valence-corrected chi connectivity index (χ3v) is 5.19. The highest BCUT2D eigenvalue weighted by Gasteiger charge is 2.33. The van der Waals surface area contributed by atoms with E-state index >= 15 is 0 Å². The zero-order chi connectivity index (χ0) is 17.8. The van der Waals surface area contributed by atoms with E-state index in [1.54, 1.807) is 18.2 Å². The molecule has 1 unspecified atom stereocenters. The summed E-state index contributed by atoms with van der Waals surface area (Å²) in [5.41, 5.74) is 0.484. The van der Waals surface area contributed by atoms with Crippen LogP contribution in [0.15, 0.2) is 29.1 Å². The third kappa shape index (κ3) is 4.01. The van der Waals surface area contributed by atoms with Gasteiger partial charge in [0.2, 0.25) is 5.91 Å². The Morgan fingerprint density at radius 2 is 2.16 bits per heavy atom. The highest BCUT2D eigenvalue weighted by molar-refractivity contribution is 7.98. The summed E-state index contributed by atoms with van der Waals surface area (Å²) in [5.74, 6) is 0.563. The van der Waals surface area contributed by atoms with Crippen molar-refractivity contribution >= 4 is 34.5 Å². The second-order valence-electron chi connectivity index (χ2n) is 5.92. The number of aromatic nitrogens is 2. The van der Waals surface area contributed by atoms with E-state index in [-0.39, 0.29) is 17.9 Å². The van der Waals surface area contributed by atoms with Crippen LogP contribution in [0.5, 0.6) is 0 Å². The van der Waals surface area contributed by atoms with Crippen LogP contribution < -0.4 is 5.56 Å². The molecule has 0 spiro atoms. The van der Waals surface area contributed by atoms with Gasteiger partial charge in [0, 0.05) is 18.7 Å². The van der Waals surface area contributed by atoms with Gasteiger partial charge >= 0.3 is 5.97 Å². The Morgan fingerprint density at radius 1 is 1.36 bits per heavy atom. The van der Waals surface area contributed by atoms with Crippen molar-refractivity contribution in [3.8, 4) is 0 Å². The Balaban J connectivity index is 1.52. The van der Waals surface area contributed by atoms with E-state index < -0.39 is 12.0 Å².